The normalized spacial score (nSPS) is 13.9. The van der Waals surface area contributed by atoms with Gasteiger partial charge in [-0.2, -0.15) is 0 Å². The molecule has 4 aromatic rings. The molecule has 30 heavy (non-hydrogen) atoms. The van der Waals surface area contributed by atoms with E-state index in [1.807, 2.05) is 33.8 Å². The zero-order valence-corrected chi connectivity index (χ0v) is 17.7. The lowest BCUT2D eigenvalue weighted by Crippen LogP contribution is -2.07. The molecular formula is C24H24N4O2. The highest BCUT2D eigenvalue weighted by Crippen LogP contribution is 2.40. The van der Waals surface area contributed by atoms with Gasteiger partial charge in [0, 0.05) is 35.4 Å². The lowest BCUT2D eigenvalue weighted by molar-refractivity contribution is 0.0992. The predicted octanol–water partition coefficient (Wildman–Crippen LogP) is 5.15. The van der Waals surface area contributed by atoms with E-state index in [-0.39, 0.29) is 12.2 Å². The standard InChI is InChI=1S/C24H24N4O2/c1-12-11-25-13(2)7-19(12)21(29)10-18-8-17(22-14(3)28-30-15(22)4)9-20-23(18)27-24(26-20)16-5-6-16/h7-9,11,16H,5-6,10H2,1-4H3,(H,26,27). The van der Waals surface area contributed by atoms with Crippen molar-refractivity contribution in [3.8, 4) is 11.1 Å². The first kappa shape index (κ1) is 18.7. The highest BCUT2D eigenvalue weighted by molar-refractivity contribution is 6.01. The van der Waals surface area contributed by atoms with E-state index in [2.05, 4.69) is 27.3 Å². The maximum Gasteiger partial charge on any atom is 0.167 e. The molecule has 152 valence electrons. The van der Waals surface area contributed by atoms with Gasteiger partial charge in [-0.1, -0.05) is 5.16 Å². The SMILES string of the molecule is Cc1cc(C(=O)Cc2cc(-c3c(C)noc3C)cc3[nH]c(C4CC4)nc23)c(C)cn1. The first-order valence-corrected chi connectivity index (χ1v) is 10.3. The van der Waals surface area contributed by atoms with Gasteiger partial charge in [0.05, 0.1) is 16.7 Å². The number of carbonyl (C=O) groups excluding carboxylic acids is 1. The molecule has 0 spiro atoms. The first-order valence-electron chi connectivity index (χ1n) is 10.3. The monoisotopic (exact) mass is 400 g/mol. The van der Waals surface area contributed by atoms with Gasteiger partial charge < -0.3 is 9.51 Å². The van der Waals surface area contributed by atoms with Crippen LogP contribution in [-0.4, -0.2) is 25.9 Å². The number of rotatable bonds is 5. The van der Waals surface area contributed by atoms with Crippen molar-refractivity contribution in [1.29, 1.82) is 0 Å². The topological polar surface area (TPSA) is 84.7 Å². The molecule has 1 aliphatic carbocycles. The largest absolute Gasteiger partial charge is 0.361 e. The van der Waals surface area contributed by atoms with Crippen LogP contribution in [0.5, 0.6) is 0 Å². The Labute approximate surface area is 174 Å². The summed E-state index contributed by atoms with van der Waals surface area (Å²) in [7, 11) is 0. The van der Waals surface area contributed by atoms with Crippen LogP contribution in [0, 0.1) is 27.7 Å². The third-order valence-corrected chi connectivity index (χ3v) is 5.86. The molecule has 0 unspecified atom stereocenters. The number of H-pyrrole nitrogens is 1. The van der Waals surface area contributed by atoms with Crippen LogP contribution >= 0.6 is 0 Å². The molecule has 5 rings (SSSR count). The summed E-state index contributed by atoms with van der Waals surface area (Å²) in [6.45, 7) is 7.68. The number of pyridine rings is 1. The van der Waals surface area contributed by atoms with Crippen molar-refractivity contribution in [2.75, 3.05) is 0 Å². The van der Waals surface area contributed by atoms with Gasteiger partial charge >= 0.3 is 0 Å². The molecule has 0 aliphatic heterocycles. The van der Waals surface area contributed by atoms with Crippen LogP contribution in [0.4, 0.5) is 0 Å². The van der Waals surface area contributed by atoms with E-state index in [9.17, 15) is 4.79 Å². The Morgan fingerprint density at radius 1 is 1.17 bits per heavy atom. The molecule has 0 radical (unpaired) electrons. The molecule has 0 amide bonds. The number of hydrogen-bond acceptors (Lipinski definition) is 5. The number of Topliss-reactive ketones (excluding diaryl/α,β-unsaturated/α-hetero) is 1. The van der Waals surface area contributed by atoms with Crippen LogP contribution in [0.2, 0.25) is 0 Å². The van der Waals surface area contributed by atoms with Crippen molar-refractivity contribution in [2.45, 2.75) is 52.9 Å². The van der Waals surface area contributed by atoms with Crippen LogP contribution in [0.25, 0.3) is 22.2 Å². The number of aromatic nitrogens is 4. The fourth-order valence-electron chi connectivity index (χ4n) is 4.13. The Bertz CT molecular complexity index is 1270. The number of imidazole rings is 1. The number of benzene rings is 1. The number of aromatic amines is 1. The molecule has 3 aromatic heterocycles. The Morgan fingerprint density at radius 2 is 1.97 bits per heavy atom. The minimum Gasteiger partial charge on any atom is -0.361 e. The van der Waals surface area contributed by atoms with Gasteiger partial charge in [-0.3, -0.25) is 9.78 Å². The Morgan fingerprint density at radius 3 is 2.67 bits per heavy atom. The van der Waals surface area contributed by atoms with Crippen LogP contribution in [-0.2, 0) is 6.42 Å². The van der Waals surface area contributed by atoms with Crippen molar-refractivity contribution >= 4 is 16.8 Å². The third kappa shape index (κ3) is 3.22. The first-order chi connectivity index (χ1) is 14.4. The summed E-state index contributed by atoms with van der Waals surface area (Å²) in [5, 5.41) is 4.10. The number of nitrogens with one attached hydrogen (secondary N) is 1. The third-order valence-electron chi connectivity index (χ3n) is 5.86. The van der Waals surface area contributed by atoms with E-state index in [0.29, 0.717) is 5.92 Å². The van der Waals surface area contributed by atoms with E-state index >= 15 is 0 Å². The molecular weight excluding hydrogens is 376 g/mol. The molecule has 0 bridgehead atoms. The fourth-order valence-corrected chi connectivity index (χ4v) is 4.13. The van der Waals surface area contributed by atoms with Crippen LogP contribution in [0.1, 0.15) is 63.2 Å². The van der Waals surface area contributed by atoms with Crippen LogP contribution < -0.4 is 0 Å². The molecule has 3 heterocycles. The zero-order chi connectivity index (χ0) is 21.0. The van der Waals surface area contributed by atoms with E-state index in [4.69, 9.17) is 9.51 Å². The van der Waals surface area contributed by atoms with Gasteiger partial charge in [0.2, 0.25) is 0 Å². The average Bonchev–Trinajstić information content (AvgIpc) is 3.38. The minimum atomic E-state index is 0.0752. The maximum absolute atomic E-state index is 13.2. The van der Waals surface area contributed by atoms with Gasteiger partial charge in [0.15, 0.2) is 5.78 Å². The Kier molecular flexibility index (Phi) is 4.31. The van der Waals surface area contributed by atoms with Gasteiger partial charge in [-0.05, 0) is 75.4 Å². The summed E-state index contributed by atoms with van der Waals surface area (Å²) in [6.07, 6.45) is 4.38. The fraction of sp³-hybridized carbons (Fsp3) is 0.333. The van der Waals surface area contributed by atoms with Crippen molar-refractivity contribution in [1.82, 2.24) is 20.1 Å². The van der Waals surface area contributed by atoms with E-state index < -0.39 is 0 Å². The highest BCUT2D eigenvalue weighted by atomic mass is 16.5. The van der Waals surface area contributed by atoms with E-state index in [0.717, 1.165) is 61.8 Å². The second-order valence-electron chi connectivity index (χ2n) is 8.37. The van der Waals surface area contributed by atoms with Crippen molar-refractivity contribution in [3.63, 3.8) is 0 Å². The smallest absolute Gasteiger partial charge is 0.167 e. The lowest BCUT2D eigenvalue weighted by atomic mass is 9.95. The number of fused-ring (bicyclic) bond motifs is 1. The maximum atomic E-state index is 13.2. The zero-order valence-electron chi connectivity index (χ0n) is 17.7. The molecule has 1 saturated carbocycles. The summed E-state index contributed by atoms with van der Waals surface area (Å²) in [6, 6.07) is 6.03. The minimum absolute atomic E-state index is 0.0752. The summed E-state index contributed by atoms with van der Waals surface area (Å²) in [4.78, 5) is 25.9. The van der Waals surface area contributed by atoms with Crippen molar-refractivity contribution < 1.29 is 9.32 Å². The average molecular weight is 400 g/mol. The number of hydrogen-bond donors (Lipinski definition) is 1. The molecule has 6 nitrogen and oxygen atoms in total. The van der Waals surface area contributed by atoms with Crippen molar-refractivity contribution in [2.24, 2.45) is 0 Å². The number of ketones is 1. The number of nitrogens with zero attached hydrogens (tertiary/aromatic N) is 3. The number of aryl methyl sites for hydroxylation is 4. The second kappa shape index (κ2) is 6.90. The molecule has 0 atom stereocenters. The van der Waals surface area contributed by atoms with Crippen LogP contribution in [0.15, 0.2) is 28.9 Å². The van der Waals surface area contributed by atoms with Gasteiger partial charge in [-0.25, -0.2) is 4.98 Å². The molecule has 6 heteroatoms. The summed E-state index contributed by atoms with van der Waals surface area (Å²) in [5.74, 6) is 2.37. The van der Waals surface area contributed by atoms with Gasteiger partial charge in [0.1, 0.15) is 11.6 Å². The Hall–Kier alpha value is -3.28. The lowest BCUT2D eigenvalue weighted by Gasteiger charge is -2.09. The number of carbonyl (C=O) groups is 1. The molecule has 1 aromatic carbocycles. The van der Waals surface area contributed by atoms with E-state index in [1.165, 1.54) is 12.8 Å². The highest BCUT2D eigenvalue weighted by Gasteiger charge is 2.28. The van der Waals surface area contributed by atoms with Crippen molar-refractivity contribution in [3.05, 3.63) is 64.1 Å². The molecule has 1 N–H and O–H groups in total. The summed E-state index contributed by atoms with van der Waals surface area (Å²) < 4.78 is 5.38. The Balaban J connectivity index is 1.63. The van der Waals surface area contributed by atoms with Gasteiger partial charge in [0.25, 0.3) is 0 Å². The molecule has 1 aliphatic rings. The molecule has 0 saturated heterocycles. The van der Waals surface area contributed by atoms with Gasteiger partial charge in [-0.15, -0.1) is 0 Å². The predicted molar refractivity (Wildman–Crippen MR) is 115 cm³/mol. The summed E-state index contributed by atoms with van der Waals surface area (Å²) in [5.41, 5.74) is 8.02. The molecule has 1 fully saturated rings. The summed E-state index contributed by atoms with van der Waals surface area (Å²) >= 11 is 0. The van der Waals surface area contributed by atoms with Crippen LogP contribution in [0.3, 0.4) is 0 Å². The quantitative estimate of drug-likeness (QED) is 0.468. The van der Waals surface area contributed by atoms with E-state index in [1.54, 1.807) is 6.20 Å². The second-order valence-corrected chi connectivity index (χ2v) is 8.37.